The maximum absolute atomic E-state index is 11.4. The number of nitrogens with two attached hydrogens (primary N) is 1. The lowest BCUT2D eigenvalue weighted by molar-refractivity contribution is -0.214. The van der Waals surface area contributed by atoms with E-state index in [1.165, 1.54) is 70.3 Å². The normalized spacial score (nSPS) is 24.2. The van der Waals surface area contributed by atoms with Crippen LogP contribution in [0.15, 0.2) is 12.2 Å². The van der Waals surface area contributed by atoms with Gasteiger partial charge in [-0.15, -0.1) is 0 Å². The molecule has 11 nitrogen and oxygen atoms in total. The van der Waals surface area contributed by atoms with Crippen LogP contribution in [0.4, 0.5) is 0 Å². The molecular weight excluding hydrogens is 590 g/mol. The second-order valence-electron chi connectivity index (χ2n) is 12.2. The summed E-state index contributed by atoms with van der Waals surface area (Å²) in [6.45, 7) is 2.67. The van der Waals surface area contributed by atoms with Gasteiger partial charge in [-0.1, -0.05) is 76.7 Å². The fourth-order valence-electron chi connectivity index (χ4n) is 5.94. The van der Waals surface area contributed by atoms with Crippen LogP contribution in [0.25, 0.3) is 0 Å². The first kappa shape index (κ1) is 39.1. The molecule has 0 radical (unpaired) electrons. The first-order valence-electron chi connectivity index (χ1n) is 17.0. The van der Waals surface area contributed by atoms with Crippen molar-refractivity contribution in [2.45, 2.75) is 159 Å². The second kappa shape index (κ2) is 22.4. The monoisotopic (exact) mass is 649 g/mol. The van der Waals surface area contributed by atoms with E-state index in [1.54, 1.807) is 6.92 Å². The first-order chi connectivity index (χ1) is 21.1. The molecule has 4 N–H and O–H groups in total. The molecule has 0 aliphatic carbocycles. The topological polar surface area (TPSA) is 164 Å². The van der Waals surface area contributed by atoms with Gasteiger partial charge in [0.25, 0.3) is 0 Å². The zero-order chi connectivity index (χ0) is 32.1. The standard InChI is InChI=1S/C32H59NO10S/c1-2-40-30(35)20-16-14-15-19-29-31-28(34)21-23-32(42-29,43-31)22-17-12-10-8-6-4-3-5-7-9-11-13-18-24-39-25-27(33)26-41-44(36,37)38/h16,20,27-29,31,34H,2-15,17-19,21-26,33H2,1H3,(H,36,37,38)/b20-16+/t27-,28?,29+,31?,32?/m0/s1. The molecule has 2 bridgehead atoms. The summed E-state index contributed by atoms with van der Waals surface area (Å²) in [6.07, 6.45) is 23.0. The van der Waals surface area contributed by atoms with Crippen molar-refractivity contribution in [2.75, 3.05) is 26.4 Å². The van der Waals surface area contributed by atoms with Crippen molar-refractivity contribution in [3.05, 3.63) is 12.2 Å². The number of unbranched alkanes of at least 4 members (excludes halogenated alkanes) is 13. The van der Waals surface area contributed by atoms with Crippen molar-refractivity contribution in [1.82, 2.24) is 0 Å². The van der Waals surface area contributed by atoms with Crippen molar-refractivity contribution in [3.8, 4) is 0 Å². The molecule has 12 heteroatoms. The molecule has 0 amide bonds. The Kier molecular flexibility index (Phi) is 19.9. The number of rotatable bonds is 27. The molecule has 5 atom stereocenters. The van der Waals surface area contributed by atoms with Gasteiger partial charge in [-0.05, 0) is 45.4 Å². The molecule has 0 saturated carbocycles. The average Bonchev–Trinajstić information content (AvgIpc) is 3.28. The summed E-state index contributed by atoms with van der Waals surface area (Å²) >= 11 is 0. The minimum atomic E-state index is -4.45. The highest BCUT2D eigenvalue weighted by atomic mass is 32.3. The molecule has 2 saturated heterocycles. The Balaban J connectivity index is 1.39. The molecule has 0 aromatic rings. The summed E-state index contributed by atoms with van der Waals surface area (Å²) in [5.74, 6) is -0.836. The van der Waals surface area contributed by atoms with Crippen molar-refractivity contribution in [2.24, 2.45) is 5.73 Å². The van der Waals surface area contributed by atoms with E-state index in [-0.39, 0.29) is 31.4 Å². The fourth-order valence-corrected chi connectivity index (χ4v) is 6.29. The molecule has 2 heterocycles. The number of carbonyl (C=O) groups excluding carboxylic acids is 1. The minimum absolute atomic E-state index is 0.0856. The Hall–Kier alpha value is -1.12. The van der Waals surface area contributed by atoms with Gasteiger partial charge in [0.15, 0.2) is 5.79 Å². The predicted octanol–water partition coefficient (Wildman–Crippen LogP) is 5.54. The summed E-state index contributed by atoms with van der Waals surface area (Å²) in [6, 6.07) is -0.585. The van der Waals surface area contributed by atoms with Gasteiger partial charge >= 0.3 is 16.4 Å². The number of hydrogen-bond donors (Lipinski definition) is 3. The number of carbonyl (C=O) groups is 1. The Morgan fingerprint density at radius 1 is 0.955 bits per heavy atom. The predicted molar refractivity (Wildman–Crippen MR) is 168 cm³/mol. The van der Waals surface area contributed by atoms with E-state index < -0.39 is 28.3 Å². The van der Waals surface area contributed by atoms with Crippen LogP contribution < -0.4 is 5.73 Å². The van der Waals surface area contributed by atoms with Gasteiger partial charge in [-0.3, -0.25) is 4.55 Å². The Morgan fingerprint density at radius 2 is 1.57 bits per heavy atom. The highest BCUT2D eigenvalue weighted by molar-refractivity contribution is 7.80. The van der Waals surface area contributed by atoms with Crippen molar-refractivity contribution in [3.63, 3.8) is 0 Å². The van der Waals surface area contributed by atoms with E-state index in [0.29, 0.717) is 13.2 Å². The third-order valence-corrected chi connectivity index (χ3v) is 8.73. The number of aliphatic hydroxyl groups excluding tert-OH is 1. The molecule has 44 heavy (non-hydrogen) atoms. The van der Waals surface area contributed by atoms with Gasteiger partial charge in [0.1, 0.15) is 6.10 Å². The Bertz CT molecular complexity index is 901. The zero-order valence-corrected chi connectivity index (χ0v) is 27.7. The van der Waals surface area contributed by atoms with Crippen LogP contribution in [-0.2, 0) is 38.3 Å². The first-order valence-corrected chi connectivity index (χ1v) is 18.3. The Morgan fingerprint density at radius 3 is 2.18 bits per heavy atom. The number of hydrogen-bond acceptors (Lipinski definition) is 10. The largest absolute Gasteiger partial charge is 0.463 e. The van der Waals surface area contributed by atoms with Gasteiger partial charge in [0.2, 0.25) is 0 Å². The number of aliphatic hydroxyl groups is 1. The van der Waals surface area contributed by atoms with Crippen LogP contribution >= 0.6 is 0 Å². The second-order valence-corrected chi connectivity index (χ2v) is 13.3. The van der Waals surface area contributed by atoms with E-state index in [9.17, 15) is 18.3 Å². The van der Waals surface area contributed by atoms with E-state index in [2.05, 4.69) is 4.18 Å². The van der Waals surface area contributed by atoms with E-state index in [4.69, 9.17) is 29.2 Å². The number of esters is 1. The SMILES string of the molecule is CCOC(=O)/C=C/CCC[C@H]1OC2(CCCCCCCCCCCCCCCOC[C@H](N)COS(=O)(=O)O)CCC(O)C1O2. The van der Waals surface area contributed by atoms with E-state index >= 15 is 0 Å². The van der Waals surface area contributed by atoms with Gasteiger partial charge in [0.05, 0.1) is 38.1 Å². The molecule has 2 aliphatic heterocycles. The fraction of sp³-hybridized carbons (Fsp3) is 0.906. The van der Waals surface area contributed by atoms with Crippen LogP contribution in [0, 0.1) is 0 Å². The maximum Gasteiger partial charge on any atom is 0.397 e. The molecule has 0 aromatic carbocycles. The summed E-state index contributed by atoms with van der Waals surface area (Å²) in [4.78, 5) is 11.4. The van der Waals surface area contributed by atoms with Gasteiger partial charge in [-0.25, -0.2) is 8.98 Å². The van der Waals surface area contributed by atoms with Crippen LogP contribution in [0.3, 0.4) is 0 Å². The highest BCUT2D eigenvalue weighted by Gasteiger charge is 2.52. The maximum atomic E-state index is 11.4. The van der Waals surface area contributed by atoms with Crippen molar-refractivity contribution in [1.29, 1.82) is 0 Å². The van der Waals surface area contributed by atoms with Gasteiger partial charge < -0.3 is 29.8 Å². The highest BCUT2D eigenvalue weighted by Crippen LogP contribution is 2.44. The Labute approximate surface area is 265 Å². The molecule has 258 valence electrons. The quantitative estimate of drug-likeness (QED) is 0.0443. The van der Waals surface area contributed by atoms with E-state index in [0.717, 1.165) is 57.8 Å². The van der Waals surface area contributed by atoms with Crippen molar-refractivity contribution < 1.29 is 46.0 Å². The third kappa shape index (κ3) is 17.5. The molecule has 2 rings (SSSR count). The van der Waals surface area contributed by atoms with Crippen LogP contribution in [0.2, 0.25) is 0 Å². The smallest absolute Gasteiger partial charge is 0.397 e. The number of allylic oxidation sites excluding steroid dienone is 1. The third-order valence-electron chi connectivity index (χ3n) is 8.29. The number of ether oxygens (including phenoxy) is 4. The van der Waals surface area contributed by atoms with Crippen molar-refractivity contribution >= 4 is 16.4 Å². The summed E-state index contributed by atoms with van der Waals surface area (Å²) in [5.41, 5.74) is 5.67. The molecule has 0 spiro atoms. The lowest BCUT2D eigenvalue weighted by Crippen LogP contribution is -2.41. The van der Waals surface area contributed by atoms with Crippen LogP contribution in [-0.4, -0.2) is 80.6 Å². The molecule has 3 unspecified atom stereocenters. The zero-order valence-electron chi connectivity index (χ0n) is 26.9. The number of fused-ring (bicyclic) bond motifs is 2. The lowest BCUT2D eigenvalue weighted by atomic mass is 9.94. The minimum Gasteiger partial charge on any atom is -0.463 e. The van der Waals surface area contributed by atoms with E-state index in [1.807, 2.05) is 6.08 Å². The average molecular weight is 650 g/mol. The summed E-state index contributed by atoms with van der Waals surface area (Å²) in [7, 11) is -4.45. The van der Waals surface area contributed by atoms with Gasteiger partial charge in [-0.2, -0.15) is 8.42 Å². The molecule has 0 aromatic heterocycles. The summed E-state index contributed by atoms with van der Waals surface area (Å²) in [5, 5.41) is 10.5. The van der Waals surface area contributed by atoms with Crippen LogP contribution in [0.5, 0.6) is 0 Å². The van der Waals surface area contributed by atoms with Gasteiger partial charge in [0, 0.05) is 25.5 Å². The lowest BCUT2D eigenvalue weighted by Gasteiger charge is -2.33. The summed E-state index contributed by atoms with van der Waals surface area (Å²) < 4.78 is 56.8. The molecule has 2 aliphatic rings. The molecular formula is C32H59NO10S. The molecule has 2 fully saturated rings. The van der Waals surface area contributed by atoms with Crippen LogP contribution in [0.1, 0.15) is 129 Å².